The molecule has 0 radical (unpaired) electrons. The van der Waals surface area contributed by atoms with E-state index in [4.69, 9.17) is 5.73 Å². The van der Waals surface area contributed by atoms with Gasteiger partial charge in [0.05, 0.1) is 6.61 Å². The standard InChI is InChI=1S/C24H35N3O4/c25-23(30)18-6-2-5-17(11-18)19-12-20-7-8-21(13-19)27(20)10-9-26(14-16-3-1-4-16)24(31)22(29)15-28/h2,5-6,11,16,19-22,28-29H,1,3-4,7-10,12-15H2,(H2,25,30)/t19?,20-,21+,22-/m0/s1. The first-order valence-electron chi connectivity index (χ1n) is 11.7. The molecule has 2 amide bonds. The zero-order chi connectivity index (χ0) is 22.0. The van der Waals surface area contributed by atoms with E-state index >= 15 is 0 Å². The molecule has 3 aliphatic rings. The van der Waals surface area contributed by atoms with Gasteiger partial charge >= 0.3 is 0 Å². The van der Waals surface area contributed by atoms with E-state index in [1.54, 1.807) is 11.0 Å². The molecule has 2 bridgehead atoms. The third-order valence-corrected chi connectivity index (χ3v) is 7.63. The third kappa shape index (κ3) is 4.94. The van der Waals surface area contributed by atoms with Gasteiger partial charge in [0, 0.05) is 37.3 Å². The van der Waals surface area contributed by atoms with Crippen LogP contribution in [0.2, 0.25) is 0 Å². The van der Waals surface area contributed by atoms with Gasteiger partial charge in [0.2, 0.25) is 5.91 Å². The Morgan fingerprint density at radius 3 is 2.45 bits per heavy atom. The number of carbonyl (C=O) groups is 2. The Kier molecular flexibility index (Phi) is 6.94. The van der Waals surface area contributed by atoms with Gasteiger partial charge < -0.3 is 20.8 Å². The topological polar surface area (TPSA) is 107 Å². The molecule has 4 rings (SSSR count). The van der Waals surface area contributed by atoms with E-state index in [0.717, 1.165) is 45.1 Å². The van der Waals surface area contributed by atoms with Gasteiger partial charge in [0.25, 0.3) is 5.91 Å². The normalized spacial score (nSPS) is 27.0. The van der Waals surface area contributed by atoms with Crippen molar-refractivity contribution >= 4 is 11.8 Å². The number of hydrogen-bond acceptors (Lipinski definition) is 5. The van der Waals surface area contributed by atoms with Crippen LogP contribution in [0.5, 0.6) is 0 Å². The molecule has 1 aromatic rings. The highest BCUT2D eigenvalue weighted by Crippen LogP contribution is 2.43. The van der Waals surface area contributed by atoms with E-state index in [-0.39, 0.29) is 11.8 Å². The van der Waals surface area contributed by atoms with Gasteiger partial charge in [-0.2, -0.15) is 0 Å². The highest BCUT2D eigenvalue weighted by atomic mass is 16.3. The lowest BCUT2D eigenvalue weighted by Crippen LogP contribution is -2.50. The van der Waals surface area contributed by atoms with Crippen LogP contribution in [0, 0.1) is 5.92 Å². The number of primary amides is 1. The van der Waals surface area contributed by atoms with Crippen LogP contribution in [0.15, 0.2) is 24.3 Å². The second-order valence-electron chi connectivity index (χ2n) is 9.56. The molecular weight excluding hydrogens is 394 g/mol. The molecular formula is C24H35N3O4. The van der Waals surface area contributed by atoms with Crippen molar-refractivity contribution in [3.8, 4) is 0 Å². The smallest absolute Gasteiger partial charge is 0.253 e. The van der Waals surface area contributed by atoms with Crippen LogP contribution < -0.4 is 5.73 Å². The lowest BCUT2D eigenvalue weighted by atomic mass is 9.84. The fourth-order valence-corrected chi connectivity index (χ4v) is 5.66. The number of amides is 2. The fraction of sp³-hybridized carbons (Fsp3) is 0.667. The van der Waals surface area contributed by atoms with Crippen molar-refractivity contribution in [3.63, 3.8) is 0 Å². The molecule has 1 aliphatic carbocycles. The maximum Gasteiger partial charge on any atom is 0.253 e. The van der Waals surface area contributed by atoms with E-state index < -0.39 is 12.7 Å². The maximum atomic E-state index is 12.6. The summed E-state index contributed by atoms with van der Waals surface area (Å²) in [6.07, 6.45) is 6.59. The molecule has 2 heterocycles. The molecule has 2 aliphatic heterocycles. The van der Waals surface area contributed by atoms with Gasteiger partial charge in [-0.25, -0.2) is 0 Å². The van der Waals surface area contributed by atoms with Crippen LogP contribution in [0.25, 0.3) is 0 Å². The Balaban J connectivity index is 1.38. The molecule has 31 heavy (non-hydrogen) atoms. The zero-order valence-corrected chi connectivity index (χ0v) is 18.2. The van der Waals surface area contributed by atoms with E-state index in [0.29, 0.717) is 42.6 Å². The van der Waals surface area contributed by atoms with E-state index in [9.17, 15) is 19.8 Å². The van der Waals surface area contributed by atoms with Gasteiger partial charge in [-0.15, -0.1) is 0 Å². The largest absolute Gasteiger partial charge is 0.393 e. The van der Waals surface area contributed by atoms with Gasteiger partial charge in [0.1, 0.15) is 0 Å². The van der Waals surface area contributed by atoms with Crippen molar-refractivity contribution in [3.05, 3.63) is 35.4 Å². The number of nitrogens with two attached hydrogens (primary N) is 1. The van der Waals surface area contributed by atoms with Crippen LogP contribution in [0.3, 0.4) is 0 Å². The maximum absolute atomic E-state index is 12.6. The monoisotopic (exact) mass is 429 g/mol. The van der Waals surface area contributed by atoms with Gasteiger partial charge in [0.15, 0.2) is 6.10 Å². The molecule has 0 spiro atoms. The molecule has 4 N–H and O–H groups in total. The molecule has 1 unspecified atom stereocenters. The summed E-state index contributed by atoms with van der Waals surface area (Å²) >= 11 is 0. The lowest BCUT2D eigenvalue weighted by Gasteiger charge is -2.41. The second-order valence-corrected chi connectivity index (χ2v) is 9.56. The van der Waals surface area contributed by atoms with Crippen LogP contribution >= 0.6 is 0 Å². The zero-order valence-electron chi connectivity index (χ0n) is 18.2. The summed E-state index contributed by atoms with van der Waals surface area (Å²) in [6.45, 7) is 1.56. The van der Waals surface area contributed by atoms with Gasteiger partial charge in [-0.1, -0.05) is 18.6 Å². The van der Waals surface area contributed by atoms with E-state index in [1.165, 1.54) is 12.0 Å². The summed E-state index contributed by atoms with van der Waals surface area (Å²) in [7, 11) is 0. The molecule has 1 aromatic carbocycles. The minimum atomic E-state index is -1.32. The molecule has 1 saturated carbocycles. The van der Waals surface area contributed by atoms with E-state index in [2.05, 4.69) is 11.0 Å². The number of hydrogen-bond donors (Lipinski definition) is 3. The van der Waals surface area contributed by atoms with Crippen LogP contribution in [-0.4, -0.2) is 76.3 Å². The molecule has 3 fully saturated rings. The summed E-state index contributed by atoms with van der Waals surface area (Å²) in [5.74, 6) is 0.218. The Bertz CT molecular complexity index is 783. The van der Waals surface area contributed by atoms with Gasteiger partial charge in [-0.05, 0) is 68.1 Å². The van der Waals surface area contributed by atoms with Crippen molar-refractivity contribution < 1.29 is 19.8 Å². The van der Waals surface area contributed by atoms with Crippen LogP contribution in [-0.2, 0) is 4.79 Å². The van der Waals surface area contributed by atoms with Crippen LogP contribution in [0.1, 0.15) is 66.8 Å². The average molecular weight is 430 g/mol. The molecule has 2 saturated heterocycles. The van der Waals surface area contributed by atoms with Crippen molar-refractivity contribution in [1.29, 1.82) is 0 Å². The summed E-state index contributed by atoms with van der Waals surface area (Å²) in [5.41, 5.74) is 7.22. The highest BCUT2D eigenvalue weighted by Gasteiger charge is 2.41. The Labute approximate surface area is 184 Å². The fourth-order valence-electron chi connectivity index (χ4n) is 5.66. The molecule has 7 nitrogen and oxygen atoms in total. The van der Waals surface area contributed by atoms with Crippen molar-refractivity contribution in [2.24, 2.45) is 11.7 Å². The number of aliphatic hydroxyl groups is 2. The quantitative estimate of drug-likeness (QED) is 0.551. The number of aliphatic hydroxyl groups excluding tert-OH is 2. The minimum Gasteiger partial charge on any atom is -0.393 e. The number of nitrogens with zero attached hydrogens (tertiary/aromatic N) is 2. The number of fused-ring (bicyclic) bond motifs is 2. The Morgan fingerprint density at radius 2 is 1.87 bits per heavy atom. The molecule has 0 aromatic heterocycles. The van der Waals surface area contributed by atoms with E-state index in [1.807, 2.05) is 12.1 Å². The summed E-state index contributed by atoms with van der Waals surface area (Å²) in [5, 5.41) is 19.1. The van der Waals surface area contributed by atoms with Gasteiger partial charge in [-0.3, -0.25) is 14.5 Å². The molecule has 4 atom stereocenters. The van der Waals surface area contributed by atoms with Crippen LogP contribution in [0.4, 0.5) is 0 Å². The Morgan fingerprint density at radius 1 is 1.16 bits per heavy atom. The summed E-state index contributed by atoms with van der Waals surface area (Å²) < 4.78 is 0. The van der Waals surface area contributed by atoms with Crippen molar-refractivity contribution in [1.82, 2.24) is 9.80 Å². The van der Waals surface area contributed by atoms with Crippen molar-refractivity contribution in [2.75, 3.05) is 26.2 Å². The number of rotatable bonds is 9. The Hall–Kier alpha value is -1.96. The first-order chi connectivity index (χ1) is 15.0. The predicted molar refractivity (Wildman–Crippen MR) is 117 cm³/mol. The number of carbonyl (C=O) groups excluding carboxylic acids is 2. The predicted octanol–water partition coefficient (Wildman–Crippen LogP) is 1.48. The molecule has 170 valence electrons. The minimum absolute atomic E-state index is 0.347. The first-order valence-corrected chi connectivity index (χ1v) is 11.7. The SMILES string of the molecule is NC(=O)c1cccc(C2C[C@H]3CC[C@@H](C2)N3CCN(CC2CCC2)C(=O)[C@@H](O)CO)c1. The third-order valence-electron chi connectivity index (χ3n) is 7.63. The first kappa shape index (κ1) is 22.2. The lowest BCUT2D eigenvalue weighted by molar-refractivity contribution is -0.143. The summed E-state index contributed by atoms with van der Waals surface area (Å²) in [6, 6.07) is 8.68. The average Bonchev–Trinajstić information content (AvgIpc) is 2.98. The number of piperidine rings is 1. The van der Waals surface area contributed by atoms with Crippen molar-refractivity contribution in [2.45, 2.75) is 69.1 Å². The second kappa shape index (κ2) is 9.67. The summed E-state index contributed by atoms with van der Waals surface area (Å²) in [4.78, 5) is 28.5. The molecule has 7 heteroatoms. The number of benzene rings is 1. The highest BCUT2D eigenvalue weighted by molar-refractivity contribution is 5.92.